The average molecular weight is 343 g/mol. The molecule has 1 amide bonds. The summed E-state index contributed by atoms with van der Waals surface area (Å²) in [6, 6.07) is 5.74. The SMILES string of the molecule is CCC(CC)(CCO)CNC(=O)c1c(C)oc(-n2cccc2)c1C#N. The van der Waals surface area contributed by atoms with Crippen LogP contribution >= 0.6 is 0 Å². The Labute approximate surface area is 148 Å². The first kappa shape index (κ1) is 18.8. The number of carbonyl (C=O) groups is 1. The summed E-state index contributed by atoms with van der Waals surface area (Å²) >= 11 is 0. The van der Waals surface area contributed by atoms with Crippen LogP contribution in [0.5, 0.6) is 0 Å². The van der Waals surface area contributed by atoms with Gasteiger partial charge in [-0.3, -0.25) is 9.36 Å². The Hall–Kier alpha value is -2.52. The van der Waals surface area contributed by atoms with Crippen LogP contribution in [-0.2, 0) is 0 Å². The average Bonchev–Trinajstić information content (AvgIpc) is 3.25. The molecular weight excluding hydrogens is 318 g/mol. The topological polar surface area (TPSA) is 91.2 Å². The molecule has 0 aliphatic heterocycles. The Morgan fingerprint density at radius 1 is 1.36 bits per heavy atom. The molecule has 0 atom stereocenters. The van der Waals surface area contributed by atoms with Gasteiger partial charge in [0.25, 0.3) is 5.91 Å². The fraction of sp³-hybridized carbons (Fsp3) is 0.474. The van der Waals surface area contributed by atoms with Gasteiger partial charge in [-0.05, 0) is 43.7 Å². The number of hydrogen-bond donors (Lipinski definition) is 2. The number of nitrogens with zero attached hydrogens (tertiary/aromatic N) is 2. The van der Waals surface area contributed by atoms with Crippen LogP contribution in [0.15, 0.2) is 28.9 Å². The minimum Gasteiger partial charge on any atom is -0.443 e. The van der Waals surface area contributed by atoms with Crippen LogP contribution in [0.1, 0.15) is 54.8 Å². The maximum absolute atomic E-state index is 12.7. The lowest BCUT2D eigenvalue weighted by molar-refractivity contribution is 0.0905. The van der Waals surface area contributed by atoms with Gasteiger partial charge < -0.3 is 14.8 Å². The zero-order chi connectivity index (χ0) is 18.4. The number of furan rings is 1. The van der Waals surface area contributed by atoms with E-state index in [0.29, 0.717) is 24.6 Å². The van der Waals surface area contributed by atoms with E-state index in [2.05, 4.69) is 25.2 Å². The van der Waals surface area contributed by atoms with Crippen molar-refractivity contribution in [3.05, 3.63) is 41.4 Å². The minimum atomic E-state index is -0.319. The van der Waals surface area contributed by atoms with E-state index >= 15 is 0 Å². The van der Waals surface area contributed by atoms with Crippen molar-refractivity contribution in [3.63, 3.8) is 0 Å². The quantitative estimate of drug-likeness (QED) is 0.770. The van der Waals surface area contributed by atoms with Crippen molar-refractivity contribution in [1.82, 2.24) is 9.88 Å². The van der Waals surface area contributed by atoms with Gasteiger partial charge in [-0.15, -0.1) is 0 Å². The summed E-state index contributed by atoms with van der Waals surface area (Å²) in [4.78, 5) is 12.7. The van der Waals surface area contributed by atoms with Crippen molar-refractivity contribution in [2.45, 2.75) is 40.0 Å². The van der Waals surface area contributed by atoms with Gasteiger partial charge in [0.05, 0.1) is 0 Å². The molecule has 6 nitrogen and oxygen atoms in total. The molecule has 0 spiro atoms. The lowest BCUT2D eigenvalue weighted by Crippen LogP contribution is -2.38. The molecule has 6 heteroatoms. The van der Waals surface area contributed by atoms with Gasteiger partial charge in [-0.2, -0.15) is 5.26 Å². The van der Waals surface area contributed by atoms with Crippen LogP contribution in [0, 0.1) is 23.7 Å². The van der Waals surface area contributed by atoms with E-state index in [4.69, 9.17) is 4.42 Å². The first-order valence-electron chi connectivity index (χ1n) is 8.57. The summed E-state index contributed by atoms with van der Waals surface area (Å²) in [6.45, 7) is 6.33. The molecule has 2 N–H and O–H groups in total. The third-order valence-electron chi connectivity index (χ3n) is 5.01. The van der Waals surface area contributed by atoms with Gasteiger partial charge in [0.15, 0.2) is 0 Å². The smallest absolute Gasteiger partial charge is 0.256 e. The number of aromatic nitrogens is 1. The van der Waals surface area contributed by atoms with Gasteiger partial charge in [0, 0.05) is 25.5 Å². The highest BCUT2D eigenvalue weighted by molar-refractivity contribution is 5.98. The lowest BCUT2D eigenvalue weighted by Gasteiger charge is -2.31. The van der Waals surface area contributed by atoms with Crippen molar-refractivity contribution < 1.29 is 14.3 Å². The second-order valence-electron chi connectivity index (χ2n) is 6.28. The van der Waals surface area contributed by atoms with Crippen LogP contribution in [0.2, 0.25) is 0 Å². The molecule has 0 aromatic carbocycles. The van der Waals surface area contributed by atoms with E-state index < -0.39 is 0 Å². The number of amides is 1. The molecule has 2 heterocycles. The molecule has 0 radical (unpaired) electrons. The van der Waals surface area contributed by atoms with Crippen molar-refractivity contribution >= 4 is 5.91 Å². The summed E-state index contributed by atoms with van der Waals surface area (Å²) in [5.74, 6) is 0.446. The number of nitrogens with one attached hydrogen (secondary N) is 1. The molecule has 0 aliphatic carbocycles. The lowest BCUT2D eigenvalue weighted by atomic mass is 9.79. The normalized spacial score (nSPS) is 11.3. The molecule has 2 aromatic heterocycles. The van der Waals surface area contributed by atoms with Crippen molar-refractivity contribution in [1.29, 1.82) is 5.26 Å². The van der Waals surface area contributed by atoms with Crippen molar-refractivity contribution in [2.24, 2.45) is 5.41 Å². The van der Waals surface area contributed by atoms with E-state index in [1.54, 1.807) is 23.9 Å². The van der Waals surface area contributed by atoms with Crippen LogP contribution in [0.4, 0.5) is 0 Å². The monoisotopic (exact) mass is 343 g/mol. The van der Waals surface area contributed by atoms with E-state index in [1.165, 1.54) is 0 Å². The standard InChI is InChI=1S/C19H25N3O3/c1-4-19(5-2,8-11-23)13-21-17(24)16-14(3)25-18(15(16)12-20)22-9-6-7-10-22/h6-7,9-10,23H,4-5,8,11,13H2,1-3H3,(H,21,24). The molecule has 0 saturated carbocycles. The van der Waals surface area contributed by atoms with Crippen molar-refractivity contribution in [2.75, 3.05) is 13.2 Å². The maximum atomic E-state index is 12.7. The van der Waals surface area contributed by atoms with E-state index in [0.717, 1.165) is 12.8 Å². The molecule has 0 bridgehead atoms. The Kier molecular flexibility index (Phi) is 6.05. The second-order valence-corrected chi connectivity index (χ2v) is 6.28. The molecule has 2 rings (SSSR count). The maximum Gasteiger partial charge on any atom is 0.256 e. The molecule has 0 saturated heterocycles. The molecule has 0 unspecified atom stereocenters. The molecule has 2 aromatic rings. The van der Waals surface area contributed by atoms with Crippen LogP contribution in [0.25, 0.3) is 5.88 Å². The third kappa shape index (κ3) is 3.77. The first-order valence-corrected chi connectivity index (χ1v) is 8.57. The van der Waals surface area contributed by atoms with Gasteiger partial charge >= 0.3 is 0 Å². The molecule has 25 heavy (non-hydrogen) atoms. The van der Waals surface area contributed by atoms with Gasteiger partial charge in [0.2, 0.25) is 5.88 Å². The second kappa shape index (κ2) is 8.04. The molecular formula is C19H25N3O3. The Bertz CT molecular complexity index is 750. The molecule has 134 valence electrons. The Morgan fingerprint density at radius 2 is 2.00 bits per heavy atom. The van der Waals surface area contributed by atoms with Crippen molar-refractivity contribution in [3.8, 4) is 12.0 Å². The number of hydrogen-bond acceptors (Lipinski definition) is 4. The van der Waals surface area contributed by atoms with E-state index in [-0.39, 0.29) is 29.1 Å². The van der Waals surface area contributed by atoms with Crippen LogP contribution < -0.4 is 5.32 Å². The Balaban J connectivity index is 2.27. The third-order valence-corrected chi connectivity index (χ3v) is 5.01. The summed E-state index contributed by atoms with van der Waals surface area (Å²) in [7, 11) is 0. The summed E-state index contributed by atoms with van der Waals surface area (Å²) in [5.41, 5.74) is 0.362. The first-order chi connectivity index (χ1) is 12.0. The van der Waals surface area contributed by atoms with Gasteiger partial charge in [-0.1, -0.05) is 13.8 Å². The zero-order valence-electron chi connectivity index (χ0n) is 15.0. The van der Waals surface area contributed by atoms with Crippen LogP contribution in [-0.4, -0.2) is 28.7 Å². The van der Waals surface area contributed by atoms with E-state index in [1.807, 2.05) is 12.1 Å². The largest absolute Gasteiger partial charge is 0.443 e. The summed E-state index contributed by atoms with van der Waals surface area (Å²) < 4.78 is 7.35. The number of aliphatic hydroxyl groups excluding tert-OH is 1. The number of aryl methyl sites for hydroxylation is 1. The van der Waals surface area contributed by atoms with Crippen LogP contribution in [0.3, 0.4) is 0 Å². The molecule has 0 aliphatic rings. The number of aliphatic hydroxyl groups is 1. The number of carbonyl (C=O) groups excluding carboxylic acids is 1. The minimum absolute atomic E-state index is 0.0868. The Morgan fingerprint density at radius 3 is 2.52 bits per heavy atom. The van der Waals surface area contributed by atoms with Gasteiger partial charge in [-0.25, -0.2) is 0 Å². The summed E-state index contributed by atoms with van der Waals surface area (Å²) in [5, 5.41) is 21.8. The fourth-order valence-electron chi connectivity index (χ4n) is 3.09. The highest BCUT2D eigenvalue weighted by Gasteiger charge is 2.29. The van der Waals surface area contributed by atoms with E-state index in [9.17, 15) is 15.2 Å². The predicted octanol–water partition coefficient (Wildman–Crippen LogP) is 3.17. The zero-order valence-corrected chi connectivity index (χ0v) is 15.0. The molecule has 0 fully saturated rings. The highest BCUT2D eigenvalue weighted by atomic mass is 16.4. The number of nitriles is 1. The summed E-state index contributed by atoms with van der Waals surface area (Å²) in [6.07, 6.45) is 5.87. The predicted molar refractivity (Wildman–Crippen MR) is 94.5 cm³/mol. The number of rotatable bonds is 8. The fourth-order valence-corrected chi connectivity index (χ4v) is 3.09. The van der Waals surface area contributed by atoms with Gasteiger partial charge in [0.1, 0.15) is 23.0 Å². The highest BCUT2D eigenvalue weighted by Crippen LogP contribution is 2.30.